The molecule has 0 amide bonds. The SMILES string of the molecule is Nc1cc2sc(Br)cc2cc1[N+](=O)[O-]. The third kappa shape index (κ3) is 1.46. The van der Waals surface area contributed by atoms with Crippen LogP contribution in [0.5, 0.6) is 0 Å². The number of rotatable bonds is 1. The molecular weight excluding hydrogens is 268 g/mol. The van der Waals surface area contributed by atoms with Crippen molar-refractivity contribution >= 4 is 48.7 Å². The summed E-state index contributed by atoms with van der Waals surface area (Å²) in [4.78, 5) is 10.1. The van der Waals surface area contributed by atoms with Crippen LogP contribution in [0.2, 0.25) is 0 Å². The minimum atomic E-state index is -0.472. The molecule has 72 valence electrons. The number of fused-ring (bicyclic) bond motifs is 1. The van der Waals surface area contributed by atoms with Gasteiger partial charge in [0.15, 0.2) is 0 Å². The maximum absolute atomic E-state index is 10.6. The predicted molar refractivity (Wildman–Crippen MR) is 60.6 cm³/mol. The molecule has 2 aromatic rings. The Morgan fingerprint density at radius 3 is 2.79 bits per heavy atom. The summed E-state index contributed by atoms with van der Waals surface area (Å²) in [6, 6.07) is 4.96. The molecule has 0 atom stereocenters. The van der Waals surface area contributed by atoms with Crippen LogP contribution >= 0.6 is 27.3 Å². The molecule has 0 unspecified atom stereocenters. The summed E-state index contributed by atoms with van der Waals surface area (Å²) in [5, 5.41) is 11.4. The number of anilines is 1. The Bertz CT molecular complexity index is 523. The van der Waals surface area contributed by atoms with Crippen LogP contribution in [0.15, 0.2) is 22.0 Å². The highest BCUT2D eigenvalue weighted by atomic mass is 79.9. The number of nitrogens with two attached hydrogens (primary N) is 1. The van der Waals surface area contributed by atoms with Crippen molar-refractivity contribution in [3.63, 3.8) is 0 Å². The highest BCUT2D eigenvalue weighted by molar-refractivity contribution is 9.11. The highest BCUT2D eigenvalue weighted by Gasteiger charge is 2.13. The van der Waals surface area contributed by atoms with E-state index in [1.165, 1.54) is 17.4 Å². The van der Waals surface area contributed by atoms with Crippen LogP contribution in [0.1, 0.15) is 0 Å². The maximum atomic E-state index is 10.6. The van der Waals surface area contributed by atoms with Crippen molar-refractivity contribution in [2.45, 2.75) is 0 Å². The van der Waals surface area contributed by atoms with Crippen LogP contribution in [0.4, 0.5) is 11.4 Å². The Kier molecular flexibility index (Phi) is 2.16. The second kappa shape index (κ2) is 3.21. The van der Waals surface area contributed by atoms with Gasteiger partial charge >= 0.3 is 0 Å². The van der Waals surface area contributed by atoms with Gasteiger partial charge in [0, 0.05) is 16.2 Å². The number of nitrogens with zero attached hydrogens (tertiary/aromatic N) is 1. The molecule has 14 heavy (non-hydrogen) atoms. The molecule has 0 saturated heterocycles. The van der Waals surface area contributed by atoms with Gasteiger partial charge in [-0.3, -0.25) is 10.1 Å². The Morgan fingerprint density at radius 1 is 1.43 bits per heavy atom. The van der Waals surface area contributed by atoms with Gasteiger partial charge in [-0.05, 0) is 28.1 Å². The molecule has 0 aliphatic heterocycles. The molecule has 2 rings (SSSR count). The lowest BCUT2D eigenvalue weighted by atomic mass is 10.2. The number of nitro benzene ring substituents is 1. The molecular formula is C8H5BrN2O2S. The second-order valence-electron chi connectivity index (χ2n) is 2.76. The summed E-state index contributed by atoms with van der Waals surface area (Å²) in [5.74, 6) is 0. The molecule has 0 radical (unpaired) electrons. The van der Waals surface area contributed by atoms with Crippen molar-refractivity contribution < 1.29 is 4.92 Å². The van der Waals surface area contributed by atoms with Gasteiger partial charge in [0.2, 0.25) is 0 Å². The quantitative estimate of drug-likeness (QED) is 0.493. The smallest absolute Gasteiger partial charge is 0.292 e. The molecule has 0 aliphatic carbocycles. The van der Waals surface area contributed by atoms with E-state index in [9.17, 15) is 10.1 Å². The summed E-state index contributed by atoms with van der Waals surface area (Å²) < 4.78 is 1.88. The van der Waals surface area contributed by atoms with E-state index in [-0.39, 0.29) is 11.4 Å². The topological polar surface area (TPSA) is 69.2 Å². The first kappa shape index (κ1) is 9.42. The zero-order valence-electron chi connectivity index (χ0n) is 6.86. The van der Waals surface area contributed by atoms with Crippen molar-refractivity contribution in [2.24, 2.45) is 0 Å². The Balaban J connectivity index is 2.76. The van der Waals surface area contributed by atoms with Crippen LogP contribution in [0.25, 0.3) is 10.1 Å². The number of hydrogen-bond donors (Lipinski definition) is 1. The molecule has 4 nitrogen and oxygen atoms in total. The van der Waals surface area contributed by atoms with Crippen molar-refractivity contribution in [3.05, 3.63) is 32.1 Å². The first-order chi connectivity index (χ1) is 6.58. The zero-order valence-corrected chi connectivity index (χ0v) is 9.26. The van der Waals surface area contributed by atoms with Crippen LogP contribution < -0.4 is 5.73 Å². The Hall–Kier alpha value is -1.14. The standard InChI is InChI=1S/C8H5BrN2O2S/c9-8-2-4-1-6(11(12)13)5(10)3-7(4)14-8/h1-3H,10H2. The summed E-state index contributed by atoms with van der Waals surface area (Å²) in [6.07, 6.45) is 0. The number of thiophene rings is 1. The first-order valence-corrected chi connectivity index (χ1v) is 5.32. The van der Waals surface area contributed by atoms with E-state index in [1.54, 1.807) is 6.07 Å². The second-order valence-corrected chi connectivity index (χ2v) is 5.22. The monoisotopic (exact) mass is 272 g/mol. The zero-order chi connectivity index (χ0) is 10.3. The molecule has 6 heteroatoms. The van der Waals surface area contributed by atoms with Gasteiger partial charge in [-0.15, -0.1) is 11.3 Å². The highest BCUT2D eigenvalue weighted by Crippen LogP contribution is 2.35. The van der Waals surface area contributed by atoms with Crippen LogP contribution in [-0.2, 0) is 0 Å². The van der Waals surface area contributed by atoms with Gasteiger partial charge in [-0.2, -0.15) is 0 Å². The van der Waals surface area contributed by atoms with Crippen molar-refractivity contribution in [3.8, 4) is 0 Å². The van der Waals surface area contributed by atoms with E-state index in [2.05, 4.69) is 15.9 Å². The molecule has 2 N–H and O–H groups in total. The summed E-state index contributed by atoms with van der Waals surface area (Å²) >= 11 is 4.82. The summed E-state index contributed by atoms with van der Waals surface area (Å²) in [5.41, 5.74) is 5.71. The minimum Gasteiger partial charge on any atom is -0.393 e. The fourth-order valence-corrected chi connectivity index (χ4v) is 2.80. The molecule has 1 aromatic heterocycles. The molecule has 0 spiro atoms. The lowest BCUT2D eigenvalue weighted by Gasteiger charge is -1.96. The Labute approximate surface area is 91.6 Å². The molecule has 1 heterocycles. The number of nitro groups is 1. The predicted octanol–water partition coefficient (Wildman–Crippen LogP) is 3.15. The van der Waals surface area contributed by atoms with Gasteiger partial charge in [0.05, 0.1) is 8.71 Å². The van der Waals surface area contributed by atoms with Crippen LogP contribution in [0, 0.1) is 10.1 Å². The number of hydrogen-bond acceptors (Lipinski definition) is 4. The fourth-order valence-electron chi connectivity index (χ4n) is 1.22. The third-order valence-corrected chi connectivity index (χ3v) is 3.43. The molecule has 1 aromatic carbocycles. The maximum Gasteiger partial charge on any atom is 0.292 e. The third-order valence-electron chi connectivity index (χ3n) is 1.83. The molecule has 0 aliphatic rings. The van der Waals surface area contributed by atoms with Gasteiger partial charge in [0.25, 0.3) is 5.69 Å². The Morgan fingerprint density at radius 2 is 2.14 bits per heavy atom. The lowest BCUT2D eigenvalue weighted by molar-refractivity contribution is -0.383. The number of nitrogen functional groups attached to an aromatic ring is 1. The van der Waals surface area contributed by atoms with E-state index in [1.807, 2.05) is 6.07 Å². The van der Waals surface area contributed by atoms with E-state index in [4.69, 9.17) is 5.73 Å². The fraction of sp³-hybridized carbons (Fsp3) is 0. The van der Waals surface area contributed by atoms with E-state index in [0.717, 1.165) is 13.9 Å². The van der Waals surface area contributed by atoms with E-state index >= 15 is 0 Å². The van der Waals surface area contributed by atoms with Gasteiger partial charge in [-0.1, -0.05) is 0 Å². The van der Waals surface area contributed by atoms with Crippen LogP contribution in [-0.4, -0.2) is 4.92 Å². The van der Waals surface area contributed by atoms with E-state index in [0.29, 0.717) is 0 Å². The summed E-state index contributed by atoms with van der Waals surface area (Å²) in [6.45, 7) is 0. The van der Waals surface area contributed by atoms with Crippen molar-refractivity contribution in [1.82, 2.24) is 0 Å². The average Bonchev–Trinajstić information content (AvgIpc) is 2.42. The molecule has 0 saturated carbocycles. The van der Waals surface area contributed by atoms with Crippen LogP contribution in [0.3, 0.4) is 0 Å². The molecule has 0 fully saturated rings. The van der Waals surface area contributed by atoms with E-state index < -0.39 is 4.92 Å². The van der Waals surface area contributed by atoms with Crippen molar-refractivity contribution in [1.29, 1.82) is 0 Å². The normalized spacial score (nSPS) is 10.6. The minimum absolute atomic E-state index is 0.0391. The first-order valence-electron chi connectivity index (χ1n) is 3.71. The van der Waals surface area contributed by atoms with Gasteiger partial charge < -0.3 is 5.73 Å². The number of halogens is 1. The van der Waals surface area contributed by atoms with Gasteiger partial charge in [0.1, 0.15) is 5.69 Å². The molecule has 0 bridgehead atoms. The largest absolute Gasteiger partial charge is 0.393 e. The lowest BCUT2D eigenvalue weighted by Crippen LogP contribution is -1.94. The summed E-state index contributed by atoms with van der Waals surface area (Å²) in [7, 11) is 0. The average molecular weight is 273 g/mol. The van der Waals surface area contributed by atoms with Gasteiger partial charge in [-0.25, -0.2) is 0 Å². The van der Waals surface area contributed by atoms with Crippen molar-refractivity contribution in [2.75, 3.05) is 5.73 Å². The number of benzene rings is 1.